The summed E-state index contributed by atoms with van der Waals surface area (Å²) in [7, 11) is 0. The van der Waals surface area contributed by atoms with Crippen molar-refractivity contribution in [1.29, 1.82) is 0 Å². The summed E-state index contributed by atoms with van der Waals surface area (Å²) in [5.74, 6) is 0.463. The monoisotopic (exact) mass is 378 g/mol. The van der Waals surface area contributed by atoms with Gasteiger partial charge in [0.15, 0.2) is 0 Å². The first-order chi connectivity index (χ1) is 13.8. The maximum atomic E-state index is 2.55. The van der Waals surface area contributed by atoms with Gasteiger partial charge in [0, 0.05) is 5.92 Å². The van der Waals surface area contributed by atoms with Gasteiger partial charge in [-0.25, -0.2) is 0 Å². The number of hydrogen-bond donors (Lipinski definition) is 0. The smallest absolute Gasteiger partial charge is 0.0719 e. The summed E-state index contributed by atoms with van der Waals surface area (Å²) in [4.78, 5) is 0. The Morgan fingerprint density at radius 1 is 0.897 bits per heavy atom. The molecule has 0 fully saturated rings. The Bertz CT molecular complexity index is 1110. The highest BCUT2D eigenvalue weighted by atomic mass is 14.6. The van der Waals surface area contributed by atoms with E-state index < -0.39 is 0 Å². The molecule has 0 aliphatic heterocycles. The van der Waals surface area contributed by atoms with Crippen molar-refractivity contribution in [2.45, 2.75) is 47.0 Å². The second kappa shape index (κ2) is 5.95. The van der Waals surface area contributed by atoms with Gasteiger partial charge in [-0.15, -0.1) is 0 Å². The van der Waals surface area contributed by atoms with E-state index in [1.54, 1.807) is 11.1 Å². The van der Waals surface area contributed by atoms with Crippen LogP contribution in [0.15, 0.2) is 94.6 Å². The Hall–Kier alpha value is -2.60. The Balaban J connectivity index is 1.93. The predicted octanol–water partition coefficient (Wildman–Crippen LogP) is 7.78. The van der Waals surface area contributed by atoms with Crippen LogP contribution in [0.25, 0.3) is 11.1 Å². The maximum absolute atomic E-state index is 2.55. The van der Waals surface area contributed by atoms with E-state index in [-0.39, 0.29) is 10.8 Å². The molecule has 0 saturated heterocycles. The summed E-state index contributed by atoms with van der Waals surface area (Å²) in [6.07, 6.45) is 7.13. The highest BCUT2D eigenvalue weighted by molar-refractivity contribution is 5.90. The van der Waals surface area contributed by atoms with E-state index in [1.807, 2.05) is 0 Å². The van der Waals surface area contributed by atoms with E-state index in [0.29, 0.717) is 5.92 Å². The third-order valence-electron chi connectivity index (χ3n) is 7.26. The zero-order chi connectivity index (χ0) is 20.6. The maximum Gasteiger partial charge on any atom is 0.0719 e. The lowest BCUT2D eigenvalue weighted by molar-refractivity contribution is 0.461. The van der Waals surface area contributed by atoms with Crippen molar-refractivity contribution in [1.82, 2.24) is 0 Å². The van der Waals surface area contributed by atoms with Crippen LogP contribution < -0.4 is 0 Å². The fourth-order valence-corrected chi connectivity index (χ4v) is 6.25. The molecule has 0 aromatic heterocycles. The molecule has 0 heteroatoms. The van der Waals surface area contributed by atoms with Crippen molar-refractivity contribution in [3.05, 3.63) is 106 Å². The Morgan fingerprint density at radius 3 is 1.97 bits per heavy atom. The molecule has 3 aliphatic carbocycles. The quantitative estimate of drug-likeness (QED) is 0.475. The summed E-state index contributed by atoms with van der Waals surface area (Å²) < 4.78 is 0. The molecule has 1 atom stereocenters. The first-order valence-electron chi connectivity index (χ1n) is 10.8. The van der Waals surface area contributed by atoms with E-state index in [9.17, 15) is 0 Å². The second-order valence-electron chi connectivity index (χ2n) is 9.78. The first-order valence-corrected chi connectivity index (χ1v) is 10.8. The van der Waals surface area contributed by atoms with Crippen LogP contribution in [0.5, 0.6) is 0 Å². The Labute approximate surface area is 175 Å². The summed E-state index contributed by atoms with van der Waals surface area (Å²) >= 11 is 0. The lowest BCUT2D eigenvalue weighted by Gasteiger charge is -2.33. The molecule has 2 aromatic rings. The average molecular weight is 379 g/mol. The zero-order valence-corrected chi connectivity index (χ0v) is 18.4. The minimum absolute atomic E-state index is 0.170. The van der Waals surface area contributed by atoms with E-state index in [0.717, 1.165) is 0 Å². The molecule has 5 rings (SSSR count). The standard InChI is InChI=1S/C29H30/c1-7-12-22-18(2)27-19(3)25(28(4,5)6)17-26(27)29(22)23-15-10-8-13-20(23)21-14-9-11-16-24(21)29/h7-17,19H,1-6H3/b12-7-. The molecule has 3 aliphatic rings. The van der Waals surface area contributed by atoms with E-state index >= 15 is 0 Å². The molecule has 29 heavy (non-hydrogen) atoms. The number of hydrogen-bond acceptors (Lipinski definition) is 0. The van der Waals surface area contributed by atoms with E-state index in [2.05, 4.69) is 108 Å². The summed E-state index contributed by atoms with van der Waals surface area (Å²) in [5, 5.41) is 0. The van der Waals surface area contributed by atoms with Crippen molar-refractivity contribution >= 4 is 0 Å². The van der Waals surface area contributed by atoms with Crippen LogP contribution in [-0.4, -0.2) is 0 Å². The van der Waals surface area contributed by atoms with Crippen molar-refractivity contribution in [3.63, 3.8) is 0 Å². The van der Waals surface area contributed by atoms with Gasteiger partial charge in [0.2, 0.25) is 0 Å². The van der Waals surface area contributed by atoms with Crippen LogP contribution in [0.1, 0.15) is 52.7 Å². The van der Waals surface area contributed by atoms with Crippen molar-refractivity contribution in [2.24, 2.45) is 11.3 Å². The predicted molar refractivity (Wildman–Crippen MR) is 124 cm³/mol. The van der Waals surface area contributed by atoms with Crippen LogP contribution in [0, 0.1) is 11.3 Å². The van der Waals surface area contributed by atoms with Crippen molar-refractivity contribution in [3.8, 4) is 11.1 Å². The summed E-state index contributed by atoms with van der Waals surface area (Å²) in [5.41, 5.74) is 13.2. The van der Waals surface area contributed by atoms with Gasteiger partial charge in [0.1, 0.15) is 0 Å². The molecule has 0 nitrogen and oxygen atoms in total. The second-order valence-corrected chi connectivity index (χ2v) is 9.78. The number of benzene rings is 2. The Kier molecular flexibility index (Phi) is 3.78. The van der Waals surface area contributed by atoms with Crippen LogP contribution in [0.2, 0.25) is 0 Å². The first kappa shape index (κ1) is 18.4. The molecule has 0 radical (unpaired) electrons. The average Bonchev–Trinajstić information content (AvgIpc) is 3.27. The molecule has 0 heterocycles. The lowest BCUT2D eigenvalue weighted by Crippen LogP contribution is -2.27. The van der Waals surface area contributed by atoms with Gasteiger partial charge in [-0.3, -0.25) is 0 Å². The molecule has 146 valence electrons. The SMILES string of the molecule is C/C=C\C1=C(C)C2=C(C=C(C(C)(C)C)C2C)C12c1ccccc1-c1ccccc12. The third kappa shape index (κ3) is 2.15. The minimum atomic E-state index is -0.180. The van der Waals surface area contributed by atoms with Gasteiger partial charge in [-0.05, 0) is 63.8 Å². The van der Waals surface area contributed by atoms with Crippen molar-refractivity contribution in [2.75, 3.05) is 0 Å². The molecule has 1 spiro atoms. The molecular formula is C29H30. The van der Waals surface area contributed by atoms with E-state index in [4.69, 9.17) is 0 Å². The fourth-order valence-electron chi connectivity index (χ4n) is 6.25. The van der Waals surface area contributed by atoms with Gasteiger partial charge in [-0.2, -0.15) is 0 Å². The van der Waals surface area contributed by atoms with Crippen LogP contribution in [0.3, 0.4) is 0 Å². The molecular weight excluding hydrogens is 348 g/mol. The minimum Gasteiger partial charge on any atom is -0.0873 e. The molecule has 0 amide bonds. The van der Waals surface area contributed by atoms with Gasteiger partial charge < -0.3 is 0 Å². The number of fused-ring (bicyclic) bond motifs is 6. The van der Waals surface area contributed by atoms with Gasteiger partial charge in [-0.1, -0.05) is 100 Å². The van der Waals surface area contributed by atoms with Gasteiger partial charge in [0.05, 0.1) is 5.41 Å². The summed E-state index contributed by atoms with van der Waals surface area (Å²) in [6.45, 7) is 14.0. The summed E-state index contributed by atoms with van der Waals surface area (Å²) in [6, 6.07) is 18.1. The van der Waals surface area contributed by atoms with Crippen LogP contribution in [0.4, 0.5) is 0 Å². The Morgan fingerprint density at radius 2 is 1.45 bits per heavy atom. The largest absolute Gasteiger partial charge is 0.0873 e. The van der Waals surface area contributed by atoms with E-state index in [1.165, 1.54) is 39.0 Å². The molecule has 2 aromatic carbocycles. The normalized spacial score (nSPS) is 21.9. The van der Waals surface area contributed by atoms with Gasteiger partial charge in [0.25, 0.3) is 0 Å². The number of allylic oxidation sites excluding steroid dienone is 8. The highest BCUT2D eigenvalue weighted by Gasteiger charge is 2.54. The molecule has 0 bridgehead atoms. The fraction of sp³-hybridized carbons (Fsp3) is 0.310. The lowest BCUT2D eigenvalue weighted by atomic mass is 9.68. The third-order valence-corrected chi connectivity index (χ3v) is 7.26. The molecule has 0 saturated carbocycles. The number of rotatable bonds is 1. The topological polar surface area (TPSA) is 0 Å². The zero-order valence-electron chi connectivity index (χ0n) is 18.4. The highest BCUT2D eigenvalue weighted by Crippen LogP contribution is 2.65. The van der Waals surface area contributed by atoms with Gasteiger partial charge >= 0.3 is 0 Å². The van der Waals surface area contributed by atoms with Crippen molar-refractivity contribution < 1.29 is 0 Å². The van der Waals surface area contributed by atoms with Crippen LogP contribution in [-0.2, 0) is 5.41 Å². The molecule has 1 unspecified atom stereocenters. The van der Waals surface area contributed by atoms with Crippen LogP contribution >= 0.6 is 0 Å². The molecule has 0 N–H and O–H groups in total.